The van der Waals surface area contributed by atoms with E-state index in [-0.39, 0.29) is 11.3 Å². The third-order valence-electron chi connectivity index (χ3n) is 2.68. The zero-order valence-electron chi connectivity index (χ0n) is 8.66. The Morgan fingerprint density at radius 2 is 1.93 bits per heavy atom. The van der Waals surface area contributed by atoms with Gasteiger partial charge in [-0.3, -0.25) is 0 Å². The van der Waals surface area contributed by atoms with Gasteiger partial charge in [-0.25, -0.2) is 8.42 Å². The van der Waals surface area contributed by atoms with Crippen molar-refractivity contribution in [3.63, 3.8) is 0 Å². The number of hydrogen-bond acceptors (Lipinski definition) is 4. The Morgan fingerprint density at radius 3 is 2.43 bits per heavy atom. The molecule has 0 aliphatic carbocycles. The topological polar surface area (TPSA) is 69.4 Å². The quantitative estimate of drug-likeness (QED) is 0.742. The van der Waals surface area contributed by atoms with Crippen molar-refractivity contribution in [3.05, 3.63) is 0 Å². The molecule has 0 amide bonds. The fourth-order valence-corrected chi connectivity index (χ4v) is 2.38. The monoisotopic (exact) mass is 221 g/mol. The molecule has 1 heterocycles. The van der Waals surface area contributed by atoms with Crippen molar-refractivity contribution in [2.24, 2.45) is 5.73 Å². The molecule has 0 radical (unpaired) electrons. The van der Waals surface area contributed by atoms with Gasteiger partial charge in [0, 0.05) is 30.8 Å². The molecule has 0 aromatic heterocycles. The van der Waals surface area contributed by atoms with Gasteiger partial charge in [-0.15, -0.1) is 0 Å². The zero-order chi connectivity index (χ0) is 10.7. The van der Waals surface area contributed by atoms with Crippen molar-refractivity contribution in [2.45, 2.75) is 31.2 Å². The molecule has 1 rings (SSSR count). The molecule has 1 aliphatic heterocycles. The first-order valence-electron chi connectivity index (χ1n) is 4.96. The summed E-state index contributed by atoms with van der Waals surface area (Å²) in [5.74, 6) is 0.243. The predicted octanol–water partition coefficient (Wildman–Crippen LogP) is 0.319. The molecule has 84 valence electrons. The highest BCUT2D eigenvalue weighted by Crippen LogP contribution is 2.22. The molecule has 4 nitrogen and oxygen atoms in total. The average molecular weight is 221 g/mol. The Hall–Kier alpha value is -0.130. The SMILES string of the molecule is CS(=O)(=O)CCCC1(N)CCOCC1. The summed E-state index contributed by atoms with van der Waals surface area (Å²) in [5, 5.41) is 0. The van der Waals surface area contributed by atoms with Gasteiger partial charge in [0.25, 0.3) is 0 Å². The summed E-state index contributed by atoms with van der Waals surface area (Å²) in [6.45, 7) is 1.41. The maximum Gasteiger partial charge on any atom is 0.147 e. The van der Waals surface area contributed by atoms with Gasteiger partial charge >= 0.3 is 0 Å². The zero-order valence-corrected chi connectivity index (χ0v) is 9.48. The highest BCUT2D eigenvalue weighted by atomic mass is 32.2. The van der Waals surface area contributed by atoms with E-state index in [9.17, 15) is 8.42 Å². The maximum atomic E-state index is 10.9. The van der Waals surface area contributed by atoms with Crippen LogP contribution in [0.2, 0.25) is 0 Å². The summed E-state index contributed by atoms with van der Waals surface area (Å²) >= 11 is 0. The molecular formula is C9H19NO3S. The van der Waals surface area contributed by atoms with E-state index < -0.39 is 9.84 Å². The minimum Gasteiger partial charge on any atom is -0.381 e. The maximum absolute atomic E-state index is 10.9. The molecule has 2 N–H and O–H groups in total. The molecule has 0 atom stereocenters. The molecule has 0 spiro atoms. The second-order valence-corrected chi connectivity index (χ2v) is 6.47. The lowest BCUT2D eigenvalue weighted by molar-refractivity contribution is 0.0501. The molecule has 1 saturated heterocycles. The van der Waals surface area contributed by atoms with E-state index in [1.54, 1.807) is 0 Å². The van der Waals surface area contributed by atoms with Crippen molar-refractivity contribution in [1.29, 1.82) is 0 Å². The van der Waals surface area contributed by atoms with Crippen LogP contribution < -0.4 is 5.73 Å². The smallest absolute Gasteiger partial charge is 0.147 e. The summed E-state index contributed by atoms with van der Waals surface area (Å²) in [6, 6.07) is 0. The first-order chi connectivity index (χ1) is 6.41. The Bertz CT molecular complexity index is 268. The van der Waals surface area contributed by atoms with E-state index in [0.29, 0.717) is 19.6 Å². The highest BCUT2D eigenvalue weighted by molar-refractivity contribution is 7.90. The average Bonchev–Trinajstić information content (AvgIpc) is 2.02. The minimum absolute atomic E-state index is 0.192. The lowest BCUT2D eigenvalue weighted by atomic mass is 9.87. The minimum atomic E-state index is -2.84. The van der Waals surface area contributed by atoms with Gasteiger partial charge in [0.1, 0.15) is 9.84 Å². The van der Waals surface area contributed by atoms with Gasteiger partial charge < -0.3 is 10.5 Å². The van der Waals surface area contributed by atoms with E-state index in [0.717, 1.165) is 19.3 Å². The second kappa shape index (κ2) is 4.59. The summed E-state index contributed by atoms with van der Waals surface area (Å²) in [5.41, 5.74) is 5.92. The standard InChI is InChI=1S/C9H19NO3S/c1-14(11,12)8-2-3-9(10)4-6-13-7-5-9/h2-8,10H2,1H3. The van der Waals surface area contributed by atoms with E-state index >= 15 is 0 Å². The predicted molar refractivity (Wildman–Crippen MR) is 55.9 cm³/mol. The van der Waals surface area contributed by atoms with E-state index in [1.807, 2.05) is 0 Å². The summed E-state index contributed by atoms with van der Waals surface area (Å²) in [6.07, 6.45) is 4.40. The molecule has 5 heteroatoms. The van der Waals surface area contributed by atoms with Crippen LogP contribution >= 0.6 is 0 Å². The third kappa shape index (κ3) is 4.39. The van der Waals surface area contributed by atoms with Crippen molar-refractivity contribution >= 4 is 9.84 Å². The normalized spacial score (nSPS) is 22.1. The van der Waals surface area contributed by atoms with Crippen LogP contribution in [0.1, 0.15) is 25.7 Å². The molecule has 1 aliphatic rings. The summed E-state index contributed by atoms with van der Waals surface area (Å²) in [4.78, 5) is 0. The van der Waals surface area contributed by atoms with Crippen LogP contribution in [0.5, 0.6) is 0 Å². The Balaban J connectivity index is 2.29. The number of hydrogen-bond donors (Lipinski definition) is 1. The van der Waals surface area contributed by atoms with Crippen LogP contribution in [0, 0.1) is 0 Å². The molecule has 0 unspecified atom stereocenters. The second-order valence-electron chi connectivity index (χ2n) is 4.21. The fourth-order valence-electron chi connectivity index (χ4n) is 1.71. The highest BCUT2D eigenvalue weighted by Gasteiger charge is 2.27. The number of sulfone groups is 1. The molecule has 0 bridgehead atoms. The van der Waals surface area contributed by atoms with E-state index in [4.69, 9.17) is 10.5 Å². The van der Waals surface area contributed by atoms with Crippen LogP contribution in [-0.2, 0) is 14.6 Å². The van der Waals surface area contributed by atoms with Crippen LogP contribution in [0.25, 0.3) is 0 Å². The molecule has 0 aromatic rings. The largest absolute Gasteiger partial charge is 0.381 e. The first-order valence-corrected chi connectivity index (χ1v) is 7.02. The van der Waals surface area contributed by atoms with Crippen molar-refractivity contribution < 1.29 is 13.2 Å². The van der Waals surface area contributed by atoms with Crippen molar-refractivity contribution in [1.82, 2.24) is 0 Å². The van der Waals surface area contributed by atoms with Gasteiger partial charge in [0.15, 0.2) is 0 Å². The van der Waals surface area contributed by atoms with Gasteiger partial charge in [-0.1, -0.05) is 0 Å². The molecule has 14 heavy (non-hydrogen) atoms. The third-order valence-corrected chi connectivity index (χ3v) is 3.71. The molecular weight excluding hydrogens is 202 g/mol. The summed E-state index contributed by atoms with van der Waals surface area (Å²) < 4.78 is 27.0. The first kappa shape index (κ1) is 11.9. The van der Waals surface area contributed by atoms with Gasteiger partial charge in [-0.05, 0) is 25.7 Å². The lowest BCUT2D eigenvalue weighted by Crippen LogP contribution is -2.45. The Labute approximate surface area is 85.7 Å². The lowest BCUT2D eigenvalue weighted by Gasteiger charge is -2.33. The van der Waals surface area contributed by atoms with Gasteiger partial charge in [0.05, 0.1) is 0 Å². The van der Waals surface area contributed by atoms with E-state index in [2.05, 4.69) is 0 Å². The number of ether oxygens (including phenoxy) is 1. The number of rotatable bonds is 4. The van der Waals surface area contributed by atoms with Crippen LogP contribution in [0.3, 0.4) is 0 Å². The Morgan fingerprint density at radius 1 is 1.36 bits per heavy atom. The van der Waals surface area contributed by atoms with Crippen molar-refractivity contribution in [3.8, 4) is 0 Å². The number of nitrogens with two attached hydrogens (primary N) is 1. The van der Waals surface area contributed by atoms with E-state index in [1.165, 1.54) is 6.26 Å². The van der Waals surface area contributed by atoms with Crippen LogP contribution in [-0.4, -0.2) is 39.2 Å². The van der Waals surface area contributed by atoms with Crippen LogP contribution in [0.15, 0.2) is 0 Å². The Kier molecular flexibility index (Phi) is 3.92. The fraction of sp³-hybridized carbons (Fsp3) is 1.00. The molecule has 1 fully saturated rings. The van der Waals surface area contributed by atoms with Gasteiger partial charge in [0.2, 0.25) is 0 Å². The molecule has 0 saturated carbocycles. The molecule has 0 aromatic carbocycles. The summed E-state index contributed by atoms with van der Waals surface area (Å²) in [7, 11) is -2.84. The van der Waals surface area contributed by atoms with Gasteiger partial charge in [-0.2, -0.15) is 0 Å². The van der Waals surface area contributed by atoms with Crippen molar-refractivity contribution in [2.75, 3.05) is 25.2 Å². The van der Waals surface area contributed by atoms with Crippen LogP contribution in [0.4, 0.5) is 0 Å².